The van der Waals surface area contributed by atoms with Crippen LogP contribution >= 0.6 is 15.9 Å². The van der Waals surface area contributed by atoms with Gasteiger partial charge in [0.1, 0.15) is 5.82 Å². The van der Waals surface area contributed by atoms with Gasteiger partial charge in [0.05, 0.1) is 0 Å². The third-order valence-electron chi connectivity index (χ3n) is 3.21. The van der Waals surface area contributed by atoms with Crippen LogP contribution in [0, 0.1) is 5.82 Å². The van der Waals surface area contributed by atoms with Crippen LogP contribution in [0.4, 0.5) is 4.39 Å². The van der Waals surface area contributed by atoms with Crippen molar-refractivity contribution in [3.63, 3.8) is 0 Å². The van der Waals surface area contributed by atoms with Crippen molar-refractivity contribution in [1.29, 1.82) is 0 Å². The zero-order valence-corrected chi connectivity index (χ0v) is 10.2. The lowest BCUT2D eigenvalue weighted by Crippen LogP contribution is -2.39. The van der Waals surface area contributed by atoms with Gasteiger partial charge in [-0.25, -0.2) is 4.39 Å². The average Bonchev–Trinajstić information content (AvgIpc) is 2.18. The zero-order chi connectivity index (χ0) is 10.9. The van der Waals surface area contributed by atoms with Gasteiger partial charge < -0.3 is 5.73 Å². The Balaban J connectivity index is 2.42. The summed E-state index contributed by atoms with van der Waals surface area (Å²) in [5, 5.41) is 0. The van der Waals surface area contributed by atoms with E-state index in [4.69, 9.17) is 5.73 Å². The molecule has 3 heteroatoms. The summed E-state index contributed by atoms with van der Waals surface area (Å²) in [6.45, 7) is 0. The monoisotopic (exact) mass is 271 g/mol. The summed E-state index contributed by atoms with van der Waals surface area (Å²) in [4.78, 5) is 0. The minimum absolute atomic E-state index is 0.186. The molecule has 0 bridgehead atoms. The second-order valence-corrected chi connectivity index (χ2v) is 5.17. The molecule has 1 aromatic carbocycles. The van der Waals surface area contributed by atoms with Crippen LogP contribution in [-0.4, -0.2) is 0 Å². The molecule has 1 nitrogen and oxygen atoms in total. The van der Waals surface area contributed by atoms with Gasteiger partial charge in [0, 0.05) is 15.6 Å². The second kappa shape index (κ2) is 4.22. The Kier molecular flexibility index (Phi) is 3.12. The molecule has 0 unspecified atom stereocenters. The molecular weight excluding hydrogens is 257 g/mol. The van der Waals surface area contributed by atoms with Crippen LogP contribution in [0.15, 0.2) is 22.7 Å². The van der Waals surface area contributed by atoms with Crippen LogP contribution in [0.5, 0.6) is 0 Å². The van der Waals surface area contributed by atoms with Gasteiger partial charge in [0.25, 0.3) is 0 Å². The Hall–Kier alpha value is -0.410. The molecule has 2 N–H and O–H groups in total. The highest BCUT2D eigenvalue weighted by atomic mass is 79.9. The summed E-state index contributed by atoms with van der Waals surface area (Å²) in [6, 6.07) is 5.06. The van der Waals surface area contributed by atoms with Gasteiger partial charge in [-0.1, -0.05) is 41.3 Å². The van der Waals surface area contributed by atoms with Gasteiger partial charge in [-0.05, 0) is 25.0 Å². The number of hydrogen-bond donors (Lipinski definition) is 1. The molecule has 0 spiro atoms. The quantitative estimate of drug-likeness (QED) is 0.828. The molecule has 1 aliphatic rings. The van der Waals surface area contributed by atoms with E-state index in [0.29, 0.717) is 5.56 Å². The molecule has 0 atom stereocenters. The topological polar surface area (TPSA) is 26.0 Å². The standard InChI is InChI=1S/C12H15BrFN/c13-9-5-4-6-10(14)11(9)12(15)7-2-1-3-8-12/h4-6H,1-3,7-8,15H2. The fourth-order valence-corrected chi connectivity index (χ4v) is 3.14. The first-order valence-corrected chi connectivity index (χ1v) is 6.16. The third-order valence-corrected chi connectivity index (χ3v) is 3.87. The first-order chi connectivity index (χ1) is 7.13. The molecule has 1 aliphatic carbocycles. The maximum Gasteiger partial charge on any atom is 0.129 e. The molecule has 82 valence electrons. The minimum Gasteiger partial charge on any atom is -0.321 e. The van der Waals surface area contributed by atoms with Crippen LogP contribution in [0.25, 0.3) is 0 Å². The SMILES string of the molecule is NC1(c2c(F)cccc2Br)CCCCC1. The van der Waals surface area contributed by atoms with Crippen molar-refractivity contribution in [3.8, 4) is 0 Å². The Morgan fingerprint density at radius 3 is 2.47 bits per heavy atom. The Morgan fingerprint density at radius 2 is 1.87 bits per heavy atom. The van der Waals surface area contributed by atoms with Gasteiger partial charge in [0.15, 0.2) is 0 Å². The molecule has 1 aromatic rings. The summed E-state index contributed by atoms with van der Waals surface area (Å²) >= 11 is 3.40. The number of benzene rings is 1. The van der Waals surface area contributed by atoms with E-state index >= 15 is 0 Å². The van der Waals surface area contributed by atoms with Crippen molar-refractivity contribution in [2.24, 2.45) is 5.73 Å². The fourth-order valence-electron chi connectivity index (χ4n) is 2.41. The van der Waals surface area contributed by atoms with E-state index in [0.717, 1.165) is 30.2 Å². The van der Waals surface area contributed by atoms with Crippen molar-refractivity contribution in [2.45, 2.75) is 37.6 Å². The fraction of sp³-hybridized carbons (Fsp3) is 0.500. The molecule has 1 saturated carbocycles. The molecule has 0 heterocycles. The van der Waals surface area contributed by atoms with E-state index in [1.165, 1.54) is 12.5 Å². The molecule has 0 aliphatic heterocycles. The Labute approximate surface area is 98.0 Å². The maximum atomic E-state index is 13.8. The maximum absolute atomic E-state index is 13.8. The highest BCUT2D eigenvalue weighted by Gasteiger charge is 2.33. The molecule has 15 heavy (non-hydrogen) atoms. The zero-order valence-electron chi connectivity index (χ0n) is 8.60. The first kappa shape index (κ1) is 11.1. The lowest BCUT2D eigenvalue weighted by Gasteiger charge is -2.34. The number of rotatable bonds is 1. The Morgan fingerprint density at radius 1 is 1.20 bits per heavy atom. The highest BCUT2D eigenvalue weighted by molar-refractivity contribution is 9.10. The Bertz CT molecular complexity index is 338. The molecule has 0 saturated heterocycles. The van der Waals surface area contributed by atoms with Gasteiger partial charge in [-0.3, -0.25) is 0 Å². The number of halogens is 2. The van der Waals surface area contributed by atoms with Crippen LogP contribution in [-0.2, 0) is 5.54 Å². The van der Waals surface area contributed by atoms with Crippen LogP contribution in [0.2, 0.25) is 0 Å². The van der Waals surface area contributed by atoms with E-state index in [1.54, 1.807) is 6.07 Å². The summed E-state index contributed by atoms with van der Waals surface area (Å²) < 4.78 is 14.6. The predicted molar refractivity (Wildman–Crippen MR) is 63.1 cm³/mol. The smallest absolute Gasteiger partial charge is 0.129 e. The summed E-state index contributed by atoms with van der Waals surface area (Å²) in [5.74, 6) is -0.186. The van der Waals surface area contributed by atoms with Crippen molar-refractivity contribution in [2.75, 3.05) is 0 Å². The summed E-state index contributed by atoms with van der Waals surface area (Å²) in [5.41, 5.74) is 6.50. The van der Waals surface area contributed by atoms with E-state index in [1.807, 2.05) is 6.07 Å². The normalized spacial score (nSPS) is 20.2. The molecule has 0 amide bonds. The predicted octanol–water partition coefficient (Wildman–Crippen LogP) is 3.71. The van der Waals surface area contributed by atoms with E-state index in [9.17, 15) is 4.39 Å². The highest BCUT2D eigenvalue weighted by Crippen LogP contribution is 2.39. The summed E-state index contributed by atoms with van der Waals surface area (Å²) in [6.07, 6.45) is 5.17. The van der Waals surface area contributed by atoms with Gasteiger partial charge in [-0.15, -0.1) is 0 Å². The summed E-state index contributed by atoms with van der Waals surface area (Å²) in [7, 11) is 0. The molecular formula is C12H15BrFN. The van der Waals surface area contributed by atoms with Gasteiger partial charge in [-0.2, -0.15) is 0 Å². The van der Waals surface area contributed by atoms with Crippen molar-refractivity contribution in [1.82, 2.24) is 0 Å². The largest absolute Gasteiger partial charge is 0.321 e. The van der Waals surface area contributed by atoms with Crippen LogP contribution in [0.1, 0.15) is 37.7 Å². The van der Waals surface area contributed by atoms with E-state index < -0.39 is 5.54 Å². The van der Waals surface area contributed by atoms with Gasteiger partial charge in [0.2, 0.25) is 0 Å². The molecule has 0 aromatic heterocycles. The van der Waals surface area contributed by atoms with E-state index in [-0.39, 0.29) is 5.82 Å². The lowest BCUT2D eigenvalue weighted by atomic mass is 9.77. The van der Waals surface area contributed by atoms with Gasteiger partial charge >= 0.3 is 0 Å². The third kappa shape index (κ3) is 2.08. The molecule has 0 radical (unpaired) electrons. The van der Waals surface area contributed by atoms with Crippen molar-refractivity contribution >= 4 is 15.9 Å². The minimum atomic E-state index is -0.470. The van der Waals surface area contributed by atoms with Crippen LogP contribution < -0.4 is 5.73 Å². The number of hydrogen-bond acceptors (Lipinski definition) is 1. The molecule has 2 rings (SSSR count). The second-order valence-electron chi connectivity index (χ2n) is 4.31. The van der Waals surface area contributed by atoms with Crippen LogP contribution in [0.3, 0.4) is 0 Å². The first-order valence-electron chi connectivity index (χ1n) is 5.37. The van der Waals surface area contributed by atoms with Crippen molar-refractivity contribution in [3.05, 3.63) is 34.1 Å². The molecule has 1 fully saturated rings. The van der Waals surface area contributed by atoms with E-state index in [2.05, 4.69) is 15.9 Å². The average molecular weight is 272 g/mol. The lowest BCUT2D eigenvalue weighted by molar-refractivity contribution is 0.291. The number of nitrogens with two attached hydrogens (primary N) is 1. The van der Waals surface area contributed by atoms with Crippen molar-refractivity contribution < 1.29 is 4.39 Å².